The minimum absolute atomic E-state index is 0.0812. The van der Waals surface area contributed by atoms with Gasteiger partial charge in [0.1, 0.15) is 6.07 Å². The highest BCUT2D eigenvalue weighted by molar-refractivity contribution is 6.30. The van der Waals surface area contributed by atoms with Crippen molar-refractivity contribution in [3.8, 4) is 6.07 Å². The molecule has 1 aromatic heterocycles. The first kappa shape index (κ1) is 18.6. The fourth-order valence-electron chi connectivity index (χ4n) is 3.40. The van der Waals surface area contributed by atoms with Crippen LogP contribution in [0.2, 0.25) is 5.02 Å². The first-order chi connectivity index (χ1) is 12.4. The van der Waals surface area contributed by atoms with E-state index in [-0.39, 0.29) is 11.5 Å². The van der Waals surface area contributed by atoms with Crippen molar-refractivity contribution in [1.29, 1.82) is 5.26 Å². The van der Waals surface area contributed by atoms with Crippen molar-refractivity contribution < 1.29 is 0 Å². The van der Waals surface area contributed by atoms with Crippen molar-refractivity contribution in [3.63, 3.8) is 0 Å². The van der Waals surface area contributed by atoms with Gasteiger partial charge in [-0.2, -0.15) is 5.26 Å². The summed E-state index contributed by atoms with van der Waals surface area (Å²) in [6.07, 6.45) is 4.16. The maximum atomic E-state index is 9.36. The van der Waals surface area contributed by atoms with Gasteiger partial charge in [-0.05, 0) is 48.3 Å². The summed E-state index contributed by atoms with van der Waals surface area (Å²) < 4.78 is 0. The number of hydrogen-bond donors (Lipinski definition) is 2. The van der Waals surface area contributed by atoms with Gasteiger partial charge in [0.05, 0.1) is 17.5 Å². The fourth-order valence-corrected chi connectivity index (χ4v) is 3.61. The van der Waals surface area contributed by atoms with Crippen LogP contribution in [0.5, 0.6) is 0 Å². The van der Waals surface area contributed by atoms with E-state index in [9.17, 15) is 5.26 Å². The molecule has 1 aromatic carbocycles. The van der Waals surface area contributed by atoms with Crippen molar-refractivity contribution >= 4 is 17.5 Å². The van der Waals surface area contributed by atoms with Gasteiger partial charge in [-0.15, -0.1) is 0 Å². The number of benzene rings is 1. The van der Waals surface area contributed by atoms with E-state index < -0.39 is 0 Å². The first-order valence-electron chi connectivity index (χ1n) is 8.90. The maximum absolute atomic E-state index is 9.36. The molecule has 136 valence electrons. The predicted molar refractivity (Wildman–Crippen MR) is 104 cm³/mol. The van der Waals surface area contributed by atoms with Crippen LogP contribution in [0.4, 0.5) is 5.95 Å². The molecule has 0 aliphatic heterocycles. The Morgan fingerprint density at radius 1 is 1.42 bits per heavy atom. The van der Waals surface area contributed by atoms with Crippen LogP contribution in [0.15, 0.2) is 30.5 Å². The number of hydrogen-bond acceptors (Lipinski definition) is 5. The molecule has 1 fully saturated rings. The van der Waals surface area contributed by atoms with Crippen LogP contribution in [-0.2, 0) is 12.8 Å². The molecule has 0 bridgehead atoms. The number of anilines is 1. The summed E-state index contributed by atoms with van der Waals surface area (Å²) in [6, 6.07) is 10.2. The van der Waals surface area contributed by atoms with Gasteiger partial charge < -0.3 is 11.1 Å². The standard InChI is InChI=1S/C20H24ClN5/c1-20(2)15(10-18(20)23)9-17-14(11-22)12-25-19(26-17)24-7-6-13-4-3-5-16(21)8-13/h3-5,8,12,15,18H,6-7,9-10,23H2,1-2H3,(H,24,25,26)/t15-,18-/m1/s1. The lowest BCUT2D eigenvalue weighted by Crippen LogP contribution is -2.55. The van der Waals surface area contributed by atoms with E-state index >= 15 is 0 Å². The lowest BCUT2D eigenvalue weighted by molar-refractivity contribution is 0.0375. The first-order valence-corrected chi connectivity index (χ1v) is 9.28. The van der Waals surface area contributed by atoms with Crippen LogP contribution >= 0.6 is 11.6 Å². The van der Waals surface area contributed by atoms with Crippen LogP contribution in [0.3, 0.4) is 0 Å². The average Bonchev–Trinajstić information content (AvgIpc) is 2.62. The molecule has 3 rings (SSSR count). The van der Waals surface area contributed by atoms with Crippen molar-refractivity contribution in [2.45, 2.75) is 39.2 Å². The molecule has 6 heteroatoms. The Morgan fingerprint density at radius 3 is 2.88 bits per heavy atom. The molecule has 0 saturated heterocycles. The molecule has 0 amide bonds. The number of nitrogens with two attached hydrogens (primary N) is 1. The Hall–Kier alpha value is -2.16. The van der Waals surface area contributed by atoms with E-state index in [1.807, 2.05) is 24.3 Å². The monoisotopic (exact) mass is 369 g/mol. The molecule has 0 spiro atoms. The smallest absolute Gasteiger partial charge is 0.222 e. The largest absolute Gasteiger partial charge is 0.354 e. The third-order valence-electron chi connectivity index (χ3n) is 5.56. The second kappa shape index (κ2) is 7.61. The van der Waals surface area contributed by atoms with E-state index in [1.165, 1.54) is 0 Å². The third kappa shape index (κ3) is 3.98. The molecule has 1 saturated carbocycles. The van der Waals surface area contributed by atoms with Gasteiger partial charge in [-0.25, -0.2) is 9.97 Å². The molecule has 2 aromatic rings. The van der Waals surface area contributed by atoms with Crippen LogP contribution < -0.4 is 11.1 Å². The Labute approximate surface area is 159 Å². The topological polar surface area (TPSA) is 87.6 Å². The molecule has 0 unspecified atom stereocenters. The Bertz CT molecular complexity index is 827. The number of nitriles is 1. The predicted octanol–water partition coefficient (Wildman–Crippen LogP) is 3.57. The summed E-state index contributed by atoms with van der Waals surface area (Å²) in [4.78, 5) is 8.86. The van der Waals surface area contributed by atoms with E-state index in [4.69, 9.17) is 17.3 Å². The second-order valence-electron chi connectivity index (χ2n) is 7.54. The molecule has 2 atom stereocenters. The molecule has 26 heavy (non-hydrogen) atoms. The zero-order valence-electron chi connectivity index (χ0n) is 15.2. The van der Waals surface area contributed by atoms with Gasteiger partial charge in [0.15, 0.2) is 0 Å². The van der Waals surface area contributed by atoms with Crippen LogP contribution in [0.1, 0.15) is 37.1 Å². The van der Waals surface area contributed by atoms with E-state index in [0.29, 0.717) is 24.0 Å². The molecule has 1 heterocycles. The summed E-state index contributed by atoms with van der Waals surface area (Å²) in [6.45, 7) is 5.07. The lowest BCUT2D eigenvalue weighted by atomic mass is 9.57. The van der Waals surface area contributed by atoms with E-state index in [1.54, 1.807) is 6.20 Å². The number of aromatic nitrogens is 2. The minimum atomic E-state index is 0.0812. The van der Waals surface area contributed by atoms with Gasteiger partial charge in [0.2, 0.25) is 5.95 Å². The van der Waals surface area contributed by atoms with Gasteiger partial charge in [-0.3, -0.25) is 0 Å². The molecule has 1 aliphatic rings. The van der Waals surface area contributed by atoms with Crippen molar-refractivity contribution in [2.75, 3.05) is 11.9 Å². The normalized spacial score (nSPS) is 20.9. The highest BCUT2D eigenvalue weighted by atomic mass is 35.5. The van der Waals surface area contributed by atoms with Gasteiger partial charge in [0.25, 0.3) is 0 Å². The zero-order chi connectivity index (χ0) is 18.7. The number of rotatable bonds is 6. The summed E-state index contributed by atoms with van der Waals surface area (Å²) in [7, 11) is 0. The second-order valence-corrected chi connectivity index (χ2v) is 7.97. The minimum Gasteiger partial charge on any atom is -0.354 e. The Balaban J connectivity index is 1.65. The van der Waals surface area contributed by atoms with E-state index in [0.717, 1.165) is 35.5 Å². The number of halogens is 1. The highest BCUT2D eigenvalue weighted by Gasteiger charge is 2.45. The average molecular weight is 370 g/mol. The molecule has 0 radical (unpaired) electrons. The van der Waals surface area contributed by atoms with Crippen molar-refractivity contribution in [3.05, 3.63) is 52.3 Å². The molecule has 5 nitrogen and oxygen atoms in total. The maximum Gasteiger partial charge on any atom is 0.222 e. The van der Waals surface area contributed by atoms with Crippen LogP contribution in [-0.4, -0.2) is 22.6 Å². The quantitative estimate of drug-likeness (QED) is 0.812. The van der Waals surface area contributed by atoms with Crippen LogP contribution in [0, 0.1) is 22.7 Å². The molecule has 3 N–H and O–H groups in total. The Morgan fingerprint density at radius 2 is 2.23 bits per heavy atom. The van der Waals surface area contributed by atoms with Gasteiger partial charge in [-0.1, -0.05) is 37.6 Å². The summed E-state index contributed by atoms with van der Waals surface area (Å²) in [5.74, 6) is 1.00. The van der Waals surface area contributed by atoms with Gasteiger partial charge in [0, 0.05) is 17.6 Å². The van der Waals surface area contributed by atoms with Crippen LogP contribution in [0.25, 0.3) is 0 Å². The Kier molecular flexibility index (Phi) is 5.45. The zero-order valence-corrected chi connectivity index (χ0v) is 15.9. The molecular formula is C20H24ClN5. The summed E-state index contributed by atoms with van der Waals surface area (Å²) in [5, 5.41) is 13.3. The number of nitrogens with one attached hydrogen (secondary N) is 1. The SMILES string of the molecule is CC1(C)[C@H](Cc2nc(NCCc3cccc(Cl)c3)ncc2C#N)C[C@H]1N. The molecule has 1 aliphatic carbocycles. The molecular weight excluding hydrogens is 346 g/mol. The van der Waals surface area contributed by atoms with Crippen molar-refractivity contribution in [2.24, 2.45) is 17.1 Å². The summed E-state index contributed by atoms with van der Waals surface area (Å²) >= 11 is 6.01. The number of nitrogens with zero attached hydrogens (tertiary/aromatic N) is 3. The fraction of sp³-hybridized carbons (Fsp3) is 0.450. The van der Waals surface area contributed by atoms with Gasteiger partial charge >= 0.3 is 0 Å². The van der Waals surface area contributed by atoms with Crippen molar-refractivity contribution in [1.82, 2.24) is 9.97 Å². The van der Waals surface area contributed by atoms with E-state index in [2.05, 4.69) is 35.2 Å². The highest BCUT2D eigenvalue weighted by Crippen LogP contribution is 2.46. The lowest BCUT2D eigenvalue weighted by Gasteiger charge is -2.50. The summed E-state index contributed by atoms with van der Waals surface area (Å²) in [5.41, 5.74) is 8.70. The third-order valence-corrected chi connectivity index (χ3v) is 5.80.